The highest BCUT2D eigenvalue weighted by molar-refractivity contribution is 5.30. The first-order valence-electron chi connectivity index (χ1n) is 3.54. The zero-order valence-electron chi connectivity index (χ0n) is 5.65. The molecule has 0 spiro atoms. The minimum Gasteiger partial charge on any atom is -0.0951 e. The predicted molar refractivity (Wildman–Crippen MR) is 37.7 cm³/mol. The Bertz CT molecular complexity index is 206. The van der Waals surface area contributed by atoms with E-state index in [1.54, 1.807) is 0 Å². The Balaban J connectivity index is 2.31. The lowest BCUT2D eigenvalue weighted by atomic mass is 9.73. The molecule has 0 radical (unpaired) electrons. The van der Waals surface area contributed by atoms with Crippen molar-refractivity contribution in [2.24, 2.45) is 11.8 Å². The molecule has 0 saturated heterocycles. The van der Waals surface area contributed by atoms with E-state index in [1.165, 1.54) is 18.4 Å². The summed E-state index contributed by atoms with van der Waals surface area (Å²) >= 11 is 0. The van der Waals surface area contributed by atoms with Crippen LogP contribution >= 0.6 is 0 Å². The second-order valence-corrected chi connectivity index (χ2v) is 3.04. The van der Waals surface area contributed by atoms with E-state index in [2.05, 4.69) is 24.8 Å². The first kappa shape index (κ1) is 5.11. The molecule has 9 heavy (non-hydrogen) atoms. The molecule has 0 unspecified atom stereocenters. The second-order valence-electron chi connectivity index (χ2n) is 3.04. The lowest BCUT2D eigenvalue weighted by Crippen LogP contribution is -2.21. The molecule has 0 heterocycles. The van der Waals surface area contributed by atoms with Crippen LogP contribution in [0.4, 0.5) is 0 Å². The summed E-state index contributed by atoms with van der Waals surface area (Å²) in [6, 6.07) is 0. The molecule has 2 bridgehead atoms. The van der Waals surface area contributed by atoms with Gasteiger partial charge in [-0.2, -0.15) is 0 Å². The first-order valence-corrected chi connectivity index (χ1v) is 3.54. The topological polar surface area (TPSA) is 0 Å². The minimum absolute atomic E-state index is 0.740. The van der Waals surface area contributed by atoms with Gasteiger partial charge in [-0.05, 0) is 31.8 Å². The van der Waals surface area contributed by atoms with E-state index in [9.17, 15) is 0 Å². The molecule has 46 valence electrons. The van der Waals surface area contributed by atoms with Crippen molar-refractivity contribution >= 4 is 0 Å². The molecule has 3 rings (SSSR count). The molecule has 1 saturated carbocycles. The third-order valence-corrected chi connectivity index (χ3v) is 2.37. The van der Waals surface area contributed by atoms with Crippen LogP contribution in [-0.2, 0) is 0 Å². The van der Waals surface area contributed by atoms with Crippen molar-refractivity contribution in [2.45, 2.75) is 19.8 Å². The van der Waals surface area contributed by atoms with E-state index >= 15 is 0 Å². The molecule has 0 nitrogen and oxygen atoms in total. The van der Waals surface area contributed by atoms with Crippen molar-refractivity contribution in [1.29, 1.82) is 0 Å². The van der Waals surface area contributed by atoms with Crippen LogP contribution in [0.3, 0.4) is 0 Å². The van der Waals surface area contributed by atoms with Crippen LogP contribution in [-0.4, -0.2) is 0 Å². The molecule has 0 aromatic heterocycles. The summed E-state index contributed by atoms with van der Waals surface area (Å²) in [6.07, 6.45) is 4.74. The van der Waals surface area contributed by atoms with Crippen LogP contribution in [0.15, 0.2) is 11.6 Å². The van der Waals surface area contributed by atoms with E-state index in [0.717, 1.165) is 11.8 Å². The van der Waals surface area contributed by atoms with Gasteiger partial charge in [0.2, 0.25) is 0 Å². The van der Waals surface area contributed by atoms with E-state index in [1.807, 2.05) is 0 Å². The molecule has 0 heteroatoms. The van der Waals surface area contributed by atoms with Gasteiger partial charge in [0.25, 0.3) is 0 Å². The molecule has 3 aliphatic carbocycles. The standard InChI is InChI=1S/C9H10/c1-7-3-2-4-8-5-9(7)6-8/h3,8-9H,5-6H2,1H3. The molecular formula is C9H10. The number of allylic oxidation sites excluding steroid dienone is 2. The van der Waals surface area contributed by atoms with Crippen LogP contribution in [0.2, 0.25) is 0 Å². The lowest BCUT2D eigenvalue weighted by molar-refractivity contribution is 0.293. The van der Waals surface area contributed by atoms with Crippen LogP contribution in [0.1, 0.15) is 19.8 Å². The normalized spacial score (nSPS) is 37.2. The summed E-state index contributed by atoms with van der Waals surface area (Å²) in [7, 11) is 0. The summed E-state index contributed by atoms with van der Waals surface area (Å²) in [5.41, 5.74) is 1.50. The highest BCUT2D eigenvalue weighted by Crippen LogP contribution is 2.39. The van der Waals surface area contributed by atoms with E-state index in [-0.39, 0.29) is 0 Å². The Kier molecular flexibility index (Phi) is 0.931. The third kappa shape index (κ3) is 0.685. The Morgan fingerprint density at radius 3 is 3.11 bits per heavy atom. The highest BCUT2D eigenvalue weighted by Gasteiger charge is 2.29. The van der Waals surface area contributed by atoms with Crippen molar-refractivity contribution in [3.63, 3.8) is 0 Å². The largest absolute Gasteiger partial charge is 0.0951 e. The fourth-order valence-electron chi connectivity index (χ4n) is 1.50. The molecule has 0 aliphatic heterocycles. The van der Waals surface area contributed by atoms with Crippen molar-refractivity contribution in [2.75, 3.05) is 0 Å². The van der Waals surface area contributed by atoms with Crippen LogP contribution in [0.5, 0.6) is 0 Å². The van der Waals surface area contributed by atoms with Gasteiger partial charge in [-0.1, -0.05) is 17.4 Å². The van der Waals surface area contributed by atoms with Gasteiger partial charge in [-0.15, -0.1) is 0 Å². The van der Waals surface area contributed by atoms with Crippen molar-refractivity contribution < 1.29 is 0 Å². The molecule has 0 N–H and O–H groups in total. The van der Waals surface area contributed by atoms with Gasteiger partial charge >= 0.3 is 0 Å². The van der Waals surface area contributed by atoms with Gasteiger partial charge < -0.3 is 0 Å². The fraction of sp³-hybridized carbons (Fsp3) is 0.556. The Morgan fingerprint density at radius 1 is 1.56 bits per heavy atom. The van der Waals surface area contributed by atoms with Crippen molar-refractivity contribution in [1.82, 2.24) is 0 Å². The maximum atomic E-state index is 3.21. The summed E-state index contributed by atoms with van der Waals surface area (Å²) in [4.78, 5) is 0. The molecule has 0 atom stereocenters. The number of hydrogen-bond acceptors (Lipinski definition) is 0. The number of rotatable bonds is 0. The molecule has 3 aliphatic rings. The first-order chi connectivity index (χ1) is 4.36. The van der Waals surface area contributed by atoms with Gasteiger partial charge in [-0.25, -0.2) is 0 Å². The monoisotopic (exact) mass is 118 g/mol. The van der Waals surface area contributed by atoms with E-state index in [4.69, 9.17) is 0 Å². The van der Waals surface area contributed by atoms with Gasteiger partial charge in [0.15, 0.2) is 0 Å². The van der Waals surface area contributed by atoms with E-state index in [0.29, 0.717) is 0 Å². The minimum atomic E-state index is 0.740. The summed E-state index contributed by atoms with van der Waals surface area (Å²) < 4.78 is 0. The van der Waals surface area contributed by atoms with Crippen LogP contribution in [0, 0.1) is 23.7 Å². The zero-order chi connectivity index (χ0) is 6.27. The molecule has 1 fully saturated rings. The average molecular weight is 118 g/mol. The quantitative estimate of drug-likeness (QED) is 0.427. The lowest BCUT2D eigenvalue weighted by Gasteiger charge is -2.30. The third-order valence-electron chi connectivity index (χ3n) is 2.37. The second kappa shape index (κ2) is 1.64. The molecular weight excluding hydrogens is 108 g/mol. The van der Waals surface area contributed by atoms with Crippen LogP contribution < -0.4 is 0 Å². The fourth-order valence-corrected chi connectivity index (χ4v) is 1.50. The van der Waals surface area contributed by atoms with Gasteiger partial charge in [-0.3, -0.25) is 0 Å². The Hall–Kier alpha value is -0.700. The number of hydrogen-bond donors (Lipinski definition) is 0. The summed E-state index contributed by atoms with van der Waals surface area (Å²) in [5, 5.41) is 0. The van der Waals surface area contributed by atoms with Gasteiger partial charge in [0, 0.05) is 5.92 Å². The summed E-state index contributed by atoms with van der Waals surface area (Å²) in [5.74, 6) is 7.90. The van der Waals surface area contributed by atoms with Crippen molar-refractivity contribution in [3.05, 3.63) is 11.6 Å². The molecule has 0 aromatic rings. The Morgan fingerprint density at radius 2 is 2.33 bits per heavy atom. The maximum absolute atomic E-state index is 3.21. The zero-order valence-corrected chi connectivity index (χ0v) is 5.65. The van der Waals surface area contributed by atoms with Gasteiger partial charge in [0.05, 0.1) is 0 Å². The predicted octanol–water partition coefficient (Wildman–Crippen LogP) is 1.98. The Labute approximate surface area is 56.0 Å². The van der Waals surface area contributed by atoms with E-state index < -0.39 is 0 Å². The van der Waals surface area contributed by atoms with Crippen LogP contribution in [0.25, 0.3) is 0 Å². The average Bonchev–Trinajstić information content (AvgIpc) is 1.93. The molecule has 0 aromatic carbocycles. The number of fused-ring (bicyclic) bond motifs is 1. The summed E-state index contributed by atoms with van der Waals surface area (Å²) in [6.45, 7) is 2.20. The maximum Gasteiger partial charge on any atom is 0.0217 e. The van der Waals surface area contributed by atoms with Crippen molar-refractivity contribution in [3.8, 4) is 11.8 Å². The van der Waals surface area contributed by atoms with Gasteiger partial charge in [0.1, 0.15) is 0 Å². The molecule has 0 amide bonds. The smallest absolute Gasteiger partial charge is 0.0217 e. The SMILES string of the molecule is CC1=CC#CC2CC1C2. The highest BCUT2D eigenvalue weighted by atomic mass is 14.3.